The molecule has 0 radical (unpaired) electrons. The zero-order valence-corrected chi connectivity index (χ0v) is 16.3. The van der Waals surface area contributed by atoms with Gasteiger partial charge in [0.25, 0.3) is 0 Å². The predicted octanol–water partition coefficient (Wildman–Crippen LogP) is 4.67. The highest BCUT2D eigenvalue weighted by Crippen LogP contribution is 2.35. The highest BCUT2D eigenvalue weighted by Gasteiger charge is 2.20. The van der Waals surface area contributed by atoms with Crippen molar-refractivity contribution in [3.63, 3.8) is 0 Å². The van der Waals surface area contributed by atoms with Crippen LogP contribution in [0.25, 0.3) is 11.4 Å². The maximum Gasteiger partial charge on any atom is 0.351 e. The third-order valence-corrected chi connectivity index (χ3v) is 5.97. The highest BCUT2D eigenvalue weighted by molar-refractivity contribution is 8.00. The number of carbonyl (C=O) groups is 1. The molecule has 3 aromatic rings. The number of hydrogen-bond donors (Lipinski definition) is 0. The van der Waals surface area contributed by atoms with Gasteiger partial charge in [-0.3, -0.25) is 0 Å². The van der Waals surface area contributed by atoms with Gasteiger partial charge in [-0.25, -0.2) is 9.78 Å². The Kier molecular flexibility index (Phi) is 5.63. The molecule has 25 heavy (non-hydrogen) atoms. The summed E-state index contributed by atoms with van der Waals surface area (Å²) in [6.07, 6.45) is 0. The average Bonchev–Trinajstić information content (AvgIpc) is 3.18. The van der Waals surface area contributed by atoms with Crippen molar-refractivity contribution < 1.29 is 9.53 Å². The first-order chi connectivity index (χ1) is 12.0. The summed E-state index contributed by atoms with van der Waals surface area (Å²) in [5.41, 5.74) is 0.915. The number of hydrogen-bond acceptors (Lipinski definition) is 7. The molecule has 0 saturated carbocycles. The van der Waals surface area contributed by atoms with Gasteiger partial charge in [0.2, 0.25) is 0 Å². The number of halogens is 2. The lowest BCUT2D eigenvalue weighted by Crippen LogP contribution is -1.99. The summed E-state index contributed by atoms with van der Waals surface area (Å²) in [7, 11) is 1.30. The summed E-state index contributed by atoms with van der Waals surface area (Å²) in [6.45, 7) is 2.68. The molecule has 0 aliphatic rings. The van der Waals surface area contributed by atoms with Crippen molar-refractivity contribution in [2.75, 3.05) is 7.11 Å². The zero-order valence-electron chi connectivity index (χ0n) is 13.2. The van der Waals surface area contributed by atoms with Crippen LogP contribution in [0.4, 0.5) is 0 Å². The lowest BCUT2D eigenvalue weighted by molar-refractivity contribution is 0.0606. The Balaban J connectivity index is 1.91. The molecule has 0 saturated heterocycles. The highest BCUT2D eigenvalue weighted by atomic mass is 35.5. The third-order valence-electron chi connectivity index (χ3n) is 3.25. The number of ether oxygens (including phenoxy) is 1. The third kappa shape index (κ3) is 3.82. The van der Waals surface area contributed by atoms with E-state index in [-0.39, 0.29) is 10.0 Å². The fraction of sp³-hybridized carbons (Fsp3) is 0.200. The number of esters is 1. The van der Waals surface area contributed by atoms with E-state index in [0.29, 0.717) is 21.1 Å². The lowest BCUT2D eigenvalue weighted by Gasteiger charge is -2.06. The van der Waals surface area contributed by atoms with Gasteiger partial charge >= 0.3 is 5.97 Å². The van der Waals surface area contributed by atoms with Crippen LogP contribution in [0.3, 0.4) is 0 Å². The number of aromatic nitrogens is 4. The average molecular weight is 415 g/mol. The SMILES string of the molecule is CCn1c(Sc2nc(Cl)c(C(=O)OC)s2)nnc1-c1ccc(Cl)cc1. The van der Waals surface area contributed by atoms with Gasteiger partial charge in [-0.15, -0.1) is 10.2 Å². The largest absolute Gasteiger partial charge is 0.465 e. The van der Waals surface area contributed by atoms with E-state index >= 15 is 0 Å². The van der Waals surface area contributed by atoms with E-state index < -0.39 is 5.97 Å². The normalized spacial score (nSPS) is 10.9. The van der Waals surface area contributed by atoms with Crippen LogP contribution in [0.1, 0.15) is 16.6 Å². The zero-order chi connectivity index (χ0) is 18.0. The Hall–Kier alpha value is -1.61. The Labute approximate surface area is 162 Å². The first-order valence-electron chi connectivity index (χ1n) is 7.15. The Morgan fingerprint density at radius 3 is 2.64 bits per heavy atom. The van der Waals surface area contributed by atoms with Crippen LogP contribution >= 0.6 is 46.3 Å². The van der Waals surface area contributed by atoms with E-state index in [9.17, 15) is 4.79 Å². The second kappa shape index (κ2) is 7.74. The molecule has 0 spiro atoms. The molecule has 2 aromatic heterocycles. The minimum Gasteiger partial charge on any atom is -0.465 e. The van der Waals surface area contributed by atoms with Crippen molar-refractivity contribution in [3.8, 4) is 11.4 Å². The first-order valence-corrected chi connectivity index (χ1v) is 9.54. The van der Waals surface area contributed by atoms with E-state index in [1.165, 1.54) is 18.9 Å². The van der Waals surface area contributed by atoms with Crippen molar-refractivity contribution >= 4 is 52.3 Å². The quantitative estimate of drug-likeness (QED) is 0.565. The van der Waals surface area contributed by atoms with Crippen molar-refractivity contribution in [2.45, 2.75) is 23.0 Å². The minimum atomic E-state index is -0.506. The fourth-order valence-electron chi connectivity index (χ4n) is 2.09. The fourth-order valence-corrected chi connectivity index (χ4v) is 4.54. The summed E-state index contributed by atoms with van der Waals surface area (Å²) < 4.78 is 7.24. The van der Waals surface area contributed by atoms with E-state index in [2.05, 4.69) is 15.2 Å². The van der Waals surface area contributed by atoms with E-state index in [1.54, 1.807) is 0 Å². The summed E-state index contributed by atoms with van der Waals surface area (Å²) >= 11 is 14.4. The van der Waals surface area contributed by atoms with Gasteiger partial charge in [-0.05, 0) is 43.0 Å². The topological polar surface area (TPSA) is 69.9 Å². The molecule has 130 valence electrons. The molecule has 0 fully saturated rings. The molecule has 0 N–H and O–H groups in total. The Morgan fingerprint density at radius 2 is 2.00 bits per heavy atom. The summed E-state index contributed by atoms with van der Waals surface area (Å²) in [6, 6.07) is 7.40. The maximum atomic E-state index is 11.7. The summed E-state index contributed by atoms with van der Waals surface area (Å²) in [5.74, 6) is 0.227. The number of methoxy groups -OCH3 is 1. The minimum absolute atomic E-state index is 0.125. The van der Waals surface area contributed by atoms with Crippen LogP contribution in [0.2, 0.25) is 10.2 Å². The Morgan fingerprint density at radius 1 is 1.28 bits per heavy atom. The molecule has 0 aliphatic heterocycles. The predicted molar refractivity (Wildman–Crippen MR) is 98.7 cm³/mol. The molecule has 0 aliphatic carbocycles. The molecule has 2 heterocycles. The molecule has 0 atom stereocenters. The number of nitrogens with zero attached hydrogens (tertiary/aromatic N) is 4. The second-order valence-corrected chi connectivity index (χ2v) is 7.76. The molecular formula is C15H12Cl2N4O2S2. The molecule has 3 rings (SSSR count). The molecular weight excluding hydrogens is 403 g/mol. The van der Waals surface area contributed by atoms with Crippen LogP contribution in [0.5, 0.6) is 0 Å². The molecule has 0 amide bonds. The van der Waals surface area contributed by atoms with Crippen molar-refractivity contribution in [2.24, 2.45) is 0 Å². The maximum absolute atomic E-state index is 11.7. The summed E-state index contributed by atoms with van der Waals surface area (Å²) in [4.78, 5) is 16.1. The Bertz CT molecular complexity index is 909. The van der Waals surface area contributed by atoms with Crippen molar-refractivity contribution in [3.05, 3.63) is 39.3 Å². The number of rotatable bonds is 5. The summed E-state index contributed by atoms with van der Waals surface area (Å²) in [5, 5.41) is 9.95. The van der Waals surface area contributed by atoms with Crippen LogP contribution < -0.4 is 0 Å². The molecule has 6 nitrogen and oxygen atoms in total. The van der Waals surface area contributed by atoms with Crippen molar-refractivity contribution in [1.82, 2.24) is 19.7 Å². The lowest BCUT2D eigenvalue weighted by atomic mass is 10.2. The van der Waals surface area contributed by atoms with Crippen molar-refractivity contribution in [1.29, 1.82) is 0 Å². The second-order valence-electron chi connectivity index (χ2n) is 4.75. The van der Waals surface area contributed by atoms with E-state index in [0.717, 1.165) is 22.7 Å². The first kappa shape index (κ1) is 18.2. The van der Waals surface area contributed by atoms with E-state index in [1.807, 2.05) is 35.8 Å². The van der Waals surface area contributed by atoms with Gasteiger partial charge in [0.05, 0.1) is 7.11 Å². The smallest absolute Gasteiger partial charge is 0.351 e. The van der Waals surface area contributed by atoms with Gasteiger partial charge in [-0.1, -0.05) is 34.5 Å². The molecule has 1 aromatic carbocycles. The van der Waals surface area contributed by atoms with Crippen LogP contribution in [-0.2, 0) is 11.3 Å². The van der Waals surface area contributed by atoms with Crippen LogP contribution in [-0.4, -0.2) is 32.8 Å². The number of carbonyl (C=O) groups excluding carboxylic acids is 1. The standard InChI is InChI=1S/C15H12Cl2N4O2S2/c1-3-21-12(8-4-6-9(16)7-5-8)19-20-14(21)25-15-18-11(17)10(24-15)13(22)23-2/h4-7H,3H2,1-2H3. The molecule has 0 unspecified atom stereocenters. The molecule has 0 bridgehead atoms. The molecule has 10 heteroatoms. The van der Waals surface area contributed by atoms with Gasteiger partial charge in [-0.2, -0.15) is 0 Å². The van der Waals surface area contributed by atoms with Gasteiger partial charge in [0.15, 0.2) is 25.4 Å². The van der Waals surface area contributed by atoms with Gasteiger partial charge in [0.1, 0.15) is 0 Å². The monoisotopic (exact) mass is 414 g/mol. The van der Waals surface area contributed by atoms with Crippen LogP contribution in [0, 0.1) is 0 Å². The van der Waals surface area contributed by atoms with E-state index in [4.69, 9.17) is 27.9 Å². The van der Waals surface area contributed by atoms with Gasteiger partial charge in [0, 0.05) is 17.1 Å². The van der Waals surface area contributed by atoms with Crippen LogP contribution in [0.15, 0.2) is 33.8 Å². The van der Waals surface area contributed by atoms with Gasteiger partial charge < -0.3 is 9.30 Å². The number of thiazole rings is 1. The number of benzene rings is 1.